The Labute approximate surface area is 137 Å². The molecule has 1 aliphatic carbocycles. The van der Waals surface area contributed by atoms with Crippen molar-refractivity contribution in [3.63, 3.8) is 0 Å². The van der Waals surface area contributed by atoms with Gasteiger partial charge >= 0.3 is 0 Å². The monoisotopic (exact) mass is 353 g/mol. The molecule has 1 N–H and O–H groups in total. The lowest BCUT2D eigenvalue weighted by atomic mass is 9.93. The van der Waals surface area contributed by atoms with E-state index in [1.165, 1.54) is 24.8 Å². The minimum Gasteiger partial charge on any atom is -0.493 e. The fraction of sp³-hybridized carbons (Fsp3) is 0.667. The molecule has 2 rings (SSSR count). The Morgan fingerprint density at radius 1 is 1.29 bits per heavy atom. The molecule has 0 radical (unpaired) electrons. The van der Waals surface area contributed by atoms with Gasteiger partial charge in [-0.25, -0.2) is 0 Å². The van der Waals surface area contributed by atoms with E-state index >= 15 is 0 Å². The first-order valence-electron chi connectivity index (χ1n) is 8.30. The molecule has 3 unspecified atom stereocenters. The lowest BCUT2D eigenvalue weighted by Gasteiger charge is -2.22. The molecule has 1 aliphatic rings. The summed E-state index contributed by atoms with van der Waals surface area (Å²) in [5.74, 6) is 2.69. The van der Waals surface area contributed by atoms with E-state index in [2.05, 4.69) is 60.2 Å². The molecule has 0 amide bonds. The van der Waals surface area contributed by atoms with E-state index in [1.807, 2.05) is 0 Å². The number of hydrogen-bond donors (Lipinski definition) is 1. The summed E-state index contributed by atoms with van der Waals surface area (Å²) in [4.78, 5) is 0. The van der Waals surface area contributed by atoms with E-state index in [0.717, 1.165) is 41.6 Å². The number of halogens is 1. The third-order valence-corrected chi connectivity index (χ3v) is 5.28. The Morgan fingerprint density at radius 2 is 2.10 bits per heavy atom. The molecular weight excluding hydrogens is 326 g/mol. The summed E-state index contributed by atoms with van der Waals surface area (Å²) in [6.07, 6.45) is 5.02. The summed E-state index contributed by atoms with van der Waals surface area (Å²) in [5, 5.41) is 3.76. The van der Waals surface area contributed by atoms with Crippen LogP contribution in [-0.4, -0.2) is 12.6 Å². The van der Waals surface area contributed by atoms with Gasteiger partial charge in [0.25, 0.3) is 0 Å². The molecule has 0 aliphatic heterocycles. The second-order valence-electron chi connectivity index (χ2n) is 6.19. The van der Waals surface area contributed by atoms with Gasteiger partial charge in [-0.15, -0.1) is 0 Å². The van der Waals surface area contributed by atoms with E-state index in [-0.39, 0.29) is 0 Å². The second-order valence-corrected chi connectivity index (χ2v) is 7.11. The predicted molar refractivity (Wildman–Crippen MR) is 92.7 cm³/mol. The third-order valence-electron chi connectivity index (χ3n) is 4.79. The van der Waals surface area contributed by atoms with Gasteiger partial charge in [0.05, 0.1) is 6.61 Å². The quantitative estimate of drug-likeness (QED) is 0.731. The molecule has 3 atom stereocenters. The van der Waals surface area contributed by atoms with Crippen LogP contribution in [0.5, 0.6) is 5.75 Å². The van der Waals surface area contributed by atoms with Crippen molar-refractivity contribution in [3.8, 4) is 5.75 Å². The highest BCUT2D eigenvalue weighted by Crippen LogP contribution is 2.34. The van der Waals surface area contributed by atoms with Gasteiger partial charge < -0.3 is 10.1 Å². The normalized spacial score (nSPS) is 25.2. The maximum Gasteiger partial charge on any atom is 0.123 e. The van der Waals surface area contributed by atoms with Crippen LogP contribution in [0.25, 0.3) is 0 Å². The topological polar surface area (TPSA) is 21.3 Å². The Bertz CT molecular complexity index is 449. The van der Waals surface area contributed by atoms with Gasteiger partial charge in [-0.3, -0.25) is 0 Å². The standard InChI is InChI=1S/C18H28BrNO/c1-4-10-21-18-9-7-16(19)11-15(18)12-20-17-8-6-14(5-2)13(17)3/h7,9,11,13-14,17,20H,4-6,8,10,12H2,1-3H3. The molecule has 1 fully saturated rings. The van der Waals surface area contributed by atoms with Crippen LogP contribution < -0.4 is 10.1 Å². The van der Waals surface area contributed by atoms with Crippen LogP contribution in [-0.2, 0) is 6.54 Å². The first-order valence-corrected chi connectivity index (χ1v) is 9.09. The molecule has 21 heavy (non-hydrogen) atoms. The number of benzene rings is 1. The Morgan fingerprint density at radius 3 is 2.76 bits per heavy atom. The molecular formula is C18H28BrNO. The molecule has 0 saturated heterocycles. The van der Waals surface area contributed by atoms with Gasteiger partial charge in [0, 0.05) is 22.6 Å². The summed E-state index contributed by atoms with van der Waals surface area (Å²) in [5.41, 5.74) is 1.25. The summed E-state index contributed by atoms with van der Waals surface area (Å²) in [6, 6.07) is 6.95. The fourth-order valence-corrected chi connectivity index (χ4v) is 3.80. The van der Waals surface area contributed by atoms with E-state index in [9.17, 15) is 0 Å². The Kier molecular flexibility index (Phi) is 6.56. The van der Waals surface area contributed by atoms with Crippen LogP contribution in [0.4, 0.5) is 0 Å². The molecule has 2 nitrogen and oxygen atoms in total. The van der Waals surface area contributed by atoms with Gasteiger partial charge in [0.1, 0.15) is 5.75 Å². The van der Waals surface area contributed by atoms with Crippen LogP contribution in [0.15, 0.2) is 22.7 Å². The van der Waals surface area contributed by atoms with Crippen LogP contribution in [0, 0.1) is 11.8 Å². The van der Waals surface area contributed by atoms with E-state index < -0.39 is 0 Å². The molecule has 3 heteroatoms. The van der Waals surface area contributed by atoms with Crippen LogP contribution >= 0.6 is 15.9 Å². The highest BCUT2D eigenvalue weighted by atomic mass is 79.9. The first-order chi connectivity index (χ1) is 10.2. The zero-order valence-corrected chi connectivity index (χ0v) is 15.1. The zero-order valence-electron chi connectivity index (χ0n) is 13.5. The highest BCUT2D eigenvalue weighted by molar-refractivity contribution is 9.10. The van der Waals surface area contributed by atoms with Crippen molar-refractivity contribution in [1.29, 1.82) is 0 Å². The largest absolute Gasteiger partial charge is 0.493 e. The van der Waals surface area contributed by atoms with Crippen molar-refractivity contribution in [2.24, 2.45) is 11.8 Å². The Hall–Kier alpha value is -0.540. The maximum absolute atomic E-state index is 5.86. The first kappa shape index (κ1) is 16.8. The van der Waals surface area contributed by atoms with Crippen LogP contribution in [0.2, 0.25) is 0 Å². The molecule has 1 aromatic rings. The van der Waals surface area contributed by atoms with Gasteiger partial charge in [0.2, 0.25) is 0 Å². The van der Waals surface area contributed by atoms with Crippen molar-refractivity contribution in [2.45, 2.75) is 59.0 Å². The number of hydrogen-bond acceptors (Lipinski definition) is 2. The van der Waals surface area contributed by atoms with Gasteiger partial charge in [-0.2, -0.15) is 0 Å². The highest BCUT2D eigenvalue weighted by Gasteiger charge is 2.31. The van der Waals surface area contributed by atoms with Crippen molar-refractivity contribution < 1.29 is 4.74 Å². The average molecular weight is 354 g/mol. The van der Waals surface area contributed by atoms with Crippen molar-refractivity contribution in [1.82, 2.24) is 5.32 Å². The molecule has 0 aromatic heterocycles. The smallest absolute Gasteiger partial charge is 0.123 e. The van der Waals surface area contributed by atoms with E-state index in [4.69, 9.17) is 4.74 Å². The summed E-state index contributed by atoms with van der Waals surface area (Å²) < 4.78 is 6.98. The SMILES string of the molecule is CCCOc1ccc(Br)cc1CNC1CCC(CC)C1C. The van der Waals surface area contributed by atoms with Crippen LogP contribution in [0.3, 0.4) is 0 Å². The fourth-order valence-electron chi connectivity index (χ4n) is 3.39. The van der Waals surface area contributed by atoms with E-state index in [1.54, 1.807) is 0 Å². The van der Waals surface area contributed by atoms with Gasteiger partial charge in [-0.05, 0) is 49.3 Å². The number of ether oxygens (including phenoxy) is 1. The average Bonchev–Trinajstić information content (AvgIpc) is 2.84. The minimum absolute atomic E-state index is 0.646. The zero-order chi connectivity index (χ0) is 15.2. The lowest BCUT2D eigenvalue weighted by Crippen LogP contribution is -2.32. The molecule has 1 aromatic carbocycles. The van der Waals surface area contributed by atoms with Crippen molar-refractivity contribution in [2.75, 3.05) is 6.61 Å². The number of rotatable bonds is 7. The summed E-state index contributed by atoms with van der Waals surface area (Å²) in [6.45, 7) is 8.53. The van der Waals surface area contributed by atoms with Crippen molar-refractivity contribution in [3.05, 3.63) is 28.2 Å². The number of nitrogens with one attached hydrogen (secondary N) is 1. The van der Waals surface area contributed by atoms with E-state index in [0.29, 0.717) is 6.04 Å². The minimum atomic E-state index is 0.646. The third kappa shape index (κ3) is 4.46. The summed E-state index contributed by atoms with van der Waals surface area (Å²) >= 11 is 3.57. The molecule has 1 saturated carbocycles. The molecule has 0 heterocycles. The van der Waals surface area contributed by atoms with Gasteiger partial charge in [-0.1, -0.05) is 43.1 Å². The lowest BCUT2D eigenvalue weighted by molar-refractivity contribution is 0.309. The van der Waals surface area contributed by atoms with Gasteiger partial charge in [0.15, 0.2) is 0 Å². The van der Waals surface area contributed by atoms with Crippen molar-refractivity contribution >= 4 is 15.9 Å². The molecule has 0 bridgehead atoms. The van der Waals surface area contributed by atoms with Crippen LogP contribution in [0.1, 0.15) is 52.0 Å². The Balaban J connectivity index is 1.97. The molecule has 118 valence electrons. The predicted octanol–water partition coefficient (Wildman–Crippen LogP) is 5.15. The maximum atomic E-state index is 5.86. The molecule has 0 spiro atoms. The second kappa shape index (κ2) is 8.19. The summed E-state index contributed by atoms with van der Waals surface area (Å²) in [7, 11) is 0.